The number of anilines is 1. The highest BCUT2D eigenvalue weighted by atomic mass is 35.5. The highest BCUT2D eigenvalue weighted by Crippen LogP contribution is 2.38. The number of carbonyl (C=O) groups excluding carboxylic acids is 1. The molecule has 0 spiro atoms. The Morgan fingerprint density at radius 2 is 2.04 bits per heavy atom. The number of hydrogen-bond acceptors (Lipinski definition) is 3. The summed E-state index contributed by atoms with van der Waals surface area (Å²) in [7, 11) is -0.975. The lowest BCUT2D eigenvalue weighted by Gasteiger charge is -2.35. The van der Waals surface area contributed by atoms with Crippen LogP contribution in [0.3, 0.4) is 0 Å². The molecule has 1 unspecified atom stereocenters. The molecule has 0 bridgehead atoms. The summed E-state index contributed by atoms with van der Waals surface area (Å²) in [5.41, 5.74) is 7.38. The van der Waals surface area contributed by atoms with Crippen molar-refractivity contribution in [3.05, 3.63) is 28.8 Å². The van der Waals surface area contributed by atoms with E-state index in [1.54, 1.807) is 24.5 Å². The van der Waals surface area contributed by atoms with Crippen LogP contribution in [0.4, 0.5) is 5.69 Å². The molecule has 1 aromatic rings. The van der Waals surface area contributed by atoms with E-state index < -0.39 is 10.8 Å². The Bertz CT molecular complexity index is 586. The van der Waals surface area contributed by atoms with Gasteiger partial charge in [-0.25, -0.2) is 0 Å². The predicted octanol–water partition coefficient (Wildman–Crippen LogP) is 3.46. The van der Waals surface area contributed by atoms with Crippen LogP contribution >= 0.6 is 11.6 Å². The SMILES string of the molecule is CS(=O)Cc1cc(NC(=O)CC2(CN)CCCCC2)ccc1Cl. The first-order valence-corrected chi connectivity index (χ1v) is 10.1. The zero-order chi connectivity index (χ0) is 16.9. The van der Waals surface area contributed by atoms with Gasteiger partial charge in [-0.1, -0.05) is 30.9 Å². The van der Waals surface area contributed by atoms with Gasteiger partial charge in [0.1, 0.15) is 0 Å². The third-order valence-corrected chi connectivity index (χ3v) is 5.66. The molecule has 1 aliphatic rings. The number of halogens is 1. The second-order valence-corrected chi connectivity index (χ2v) is 8.36. The van der Waals surface area contributed by atoms with Gasteiger partial charge in [-0.3, -0.25) is 9.00 Å². The van der Waals surface area contributed by atoms with Crippen LogP contribution in [0, 0.1) is 5.41 Å². The van der Waals surface area contributed by atoms with Crippen LogP contribution in [0.2, 0.25) is 5.02 Å². The van der Waals surface area contributed by atoms with Crippen LogP contribution in [0.5, 0.6) is 0 Å². The summed E-state index contributed by atoms with van der Waals surface area (Å²) in [5, 5.41) is 3.51. The summed E-state index contributed by atoms with van der Waals surface area (Å²) in [6.45, 7) is 0.557. The molecule has 0 aliphatic heterocycles. The number of hydrogen-bond donors (Lipinski definition) is 2. The van der Waals surface area contributed by atoms with Crippen LogP contribution in [-0.4, -0.2) is 22.9 Å². The molecular formula is C17H25ClN2O2S. The zero-order valence-corrected chi connectivity index (χ0v) is 15.1. The van der Waals surface area contributed by atoms with Gasteiger partial charge in [0.2, 0.25) is 5.91 Å². The lowest BCUT2D eigenvalue weighted by atomic mass is 9.71. The standard InChI is InChI=1S/C17H25ClN2O2S/c1-23(22)11-13-9-14(5-6-15(13)18)20-16(21)10-17(12-19)7-3-2-4-8-17/h5-6,9H,2-4,7-8,10-12,19H2,1H3,(H,20,21). The Labute approximate surface area is 145 Å². The third-order valence-electron chi connectivity index (χ3n) is 4.57. The van der Waals surface area contributed by atoms with Gasteiger partial charge >= 0.3 is 0 Å². The van der Waals surface area contributed by atoms with E-state index in [9.17, 15) is 9.00 Å². The van der Waals surface area contributed by atoms with Crippen molar-refractivity contribution in [2.75, 3.05) is 18.1 Å². The average molecular weight is 357 g/mol. The van der Waals surface area contributed by atoms with Gasteiger partial charge in [-0.05, 0) is 48.6 Å². The number of nitrogens with one attached hydrogen (secondary N) is 1. The Morgan fingerprint density at radius 1 is 1.35 bits per heavy atom. The number of nitrogens with two attached hydrogens (primary N) is 1. The van der Waals surface area contributed by atoms with Crippen molar-refractivity contribution in [2.24, 2.45) is 11.1 Å². The highest BCUT2D eigenvalue weighted by molar-refractivity contribution is 7.83. The lowest BCUT2D eigenvalue weighted by Crippen LogP contribution is -2.36. The summed E-state index contributed by atoms with van der Waals surface area (Å²) >= 11 is 6.11. The Morgan fingerprint density at radius 3 is 2.65 bits per heavy atom. The van der Waals surface area contributed by atoms with Crippen LogP contribution in [0.1, 0.15) is 44.1 Å². The van der Waals surface area contributed by atoms with Crippen molar-refractivity contribution in [1.29, 1.82) is 0 Å². The minimum absolute atomic E-state index is 0.0109. The number of carbonyl (C=O) groups is 1. The lowest BCUT2D eigenvalue weighted by molar-refractivity contribution is -0.118. The quantitative estimate of drug-likeness (QED) is 0.819. The first kappa shape index (κ1) is 18.4. The fourth-order valence-corrected chi connectivity index (χ4v) is 4.22. The van der Waals surface area contributed by atoms with E-state index in [-0.39, 0.29) is 11.3 Å². The van der Waals surface area contributed by atoms with Gasteiger partial charge in [-0.15, -0.1) is 0 Å². The summed E-state index contributed by atoms with van der Waals surface area (Å²) in [5.74, 6) is 0.373. The molecule has 0 aromatic heterocycles. The van der Waals surface area contributed by atoms with Gasteiger partial charge in [0.25, 0.3) is 0 Å². The molecule has 0 heterocycles. The van der Waals surface area contributed by atoms with Crippen molar-refractivity contribution in [1.82, 2.24) is 0 Å². The maximum absolute atomic E-state index is 12.4. The maximum atomic E-state index is 12.4. The molecular weight excluding hydrogens is 332 g/mol. The monoisotopic (exact) mass is 356 g/mol. The van der Waals surface area contributed by atoms with Crippen LogP contribution in [0.25, 0.3) is 0 Å². The number of amides is 1. The van der Waals surface area contributed by atoms with E-state index in [2.05, 4.69) is 5.32 Å². The fourth-order valence-electron chi connectivity index (χ4n) is 3.28. The van der Waals surface area contributed by atoms with Crippen LogP contribution in [0.15, 0.2) is 18.2 Å². The van der Waals surface area contributed by atoms with Crippen molar-refractivity contribution in [2.45, 2.75) is 44.3 Å². The summed E-state index contributed by atoms with van der Waals surface area (Å²) in [4.78, 5) is 12.4. The zero-order valence-electron chi connectivity index (χ0n) is 13.6. The normalized spacial score (nSPS) is 18.4. The minimum atomic E-state index is -0.975. The van der Waals surface area contributed by atoms with Crippen LogP contribution < -0.4 is 11.1 Å². The average Bonchev–Trinajstić information content (AvgIpc) is 2.51. The van der Waals surface area contributed by atoms with Crippen molar-refractivity contribution in [3.8, 4) is 0 Å². The largest absolute Gasteiger partial charge is 0.330 e. The van der Waals surface area contributed by atoms with E-state index >= 15 is 0 Å². The molecule has 4 nitrogen and oxygen atoms in total. The Hall–Kier alpha value is -0.910. The highest BCUT2D eigenvalue weighted by Gasteiger charge is 2.32. The molecule has 1 aliphatic carbocycles. The smallest absolute Gasteiger partial charge is 0.224 e. The molecule has 0 saturated heterocycles. The molecule has 1 aromatic carbocycles. The van der Waals surface area contributed by atoms with Crippen molar-refractivity contribution in [3.63, 3.8) is 0 Å². The summed E-state index contributed by atoms with van der Waals surface area (Å²) in [6.07, 6.45) is 7.68. The molecule has 128 valence electrons. The second-order valence-electron chi connectivity index (χ2n) is 6.51. The molecule has 1 saturated carbocycles. The summed E-state index contributed by atoms with van der Waals surface area (Å²) in [6, 6.07) is 5.31. The van der Waals surface area contributed by atoms with Crippen LogP contribution in [-0.2, 0) is 21.3 Å². The first-order chi connectivity index (χ1) is 10.9. The number of benzene rings is 1. The molecule has 6 heteroatoms. The molecule has 23 heavy (non-hydrogen) atoms. The Balaban J connectivity index is 2.03. The van der Waals surface area contributed by atoms with Gasteiger partial charge in [0.15, 0.2) is 0 Å². The van der Waals surface area contributed by atoms with Gasteiger partial charge in [-0.2, -0.15) is 0 Å². The predicted molar refractivity (Wildman–Crippen MR) is 97.0 cm³/mol. The van der Waals surface area contributed by atoms with E-state index in [0.29, 0.717) is 29.4 Å². The topological polar surface area (TPSA) is 72.2 Å². The summed E-state index contributed by atoms with van der Waals surface area (Å²) < 4.78 is 11.4. The minimum Gasteiger partial charge on any atom is -0.330 e. The fraction of sp³-hybridized carbons (Fsp3) is 0.588. The number of rotatable bonds is 6. The second kappa shape index (κ2) is 8.27. The van der Waals surface area contributed by atoms with Crippen molar-refractivity contribution >= 4 is 34.0 Å². The molecule has 1 amide bonds. The first-order valence-electron chi connectivity index (χ1n) is 8.02. The van der Waals surface area contributed by atoms with E-state index in [1.165, 1.54) is 6.42 Å². The molecule has 3 N–H and O–H groups in total. The van der Waals surface area contributed by atoms with E-state index in [0.717, 1.165) is 31.2 Å². The maximum Gasteiger partial charge on any atom is 0.224 e. The molecule has 1 fully saturated rings. The van der Waals surface area contributed by atoms with E-state index in [1.807, 2.05) is 0 Å². The van der Waals surface area contributed by atoms with E-state index in [4.69, 9.17) is 17.3 Å². The van der Waals surface area contributed by atoms with Gasteiger partial charge < -0.3 is 11.1 Å². The van der Waals surface area contributed by atoms with Gasteiger partial charge in [0.05, 0.1) is 0 Å². The van der Waals surface area contributed by atoms with Crippen molar-refractivity contribution < 1.29 is 9.00 Å². The van der Waals surface area contributed by atoms with Gasteiger partial charge in [0, 0.05) is 39.9 Å². The third kappa shape index (κ3) is 5.30. The molecule has 1 atom stereocenters. The molecule has 0 radical (unpaired) electrons. The Kier molecular flexibility index (Phi) is 6.62. The molecule has 2 rings (SSSR count).